The van der Waals surface area contributed by atoms with Crippen molar-refractivity contribution in [1.82, 2.24) is 10.3 Å². The maximum absolute atomic E-state index is 12.7. The van der Waals surface area contributed by atoms with Crippen molar-refractivity contribution in [2.24, 2.45) is 0 Å². The number of urea groups is 1. The molecule has 3 rings (SSSR count). The Hall–Kier alpha value is -2.91. The number of imide groups is 2. The first kappa shape index (κ1) is 19.8. The average molecular weight is 430 g/mol. The van der Waals surface area contributed by atoms with Crippen LogP contribution < -0.4 is 10.2 Å². The first-order valence-corrected chi connectivity index (χ1v) is 8.23. The molecule has 28 heavy (non-hydrogen) atoms. The number of amides is 4. The van der Waals surface area contributed by atoms with Crippen LogP contribution in [0.1, 0.15) is 11.3 Å². The third kappa shape index (κ3) is 3.85. The number of benzene rings is 1. The number of alkyl halides is 3. The van der Waals surface area contributed by atoms with Crippen LogP contribution >= 0.6 is 23.2 Å². The summed E-state index contributed by atoms with van der Waals surface area (Å²) in [6.07, 6.45) is -3.22. The SMILES string of the molecule is O=C1NC(=O)N(c2ccc(Cl)cc2)C(=O)C1=Cc1ncc(C(F)(F)F)cc1Cl. The third-order valence-electron chi connectivity index (χ3n) is 3.66. The van der Waals surface area contributed by atoms with Gasteiger partial charge in [-0.1, -0.05) is 23.2 Å². The molecule has 0 bridgehead atoms. The summed E-state index contributed by atoms with van der Waals surface area (Å²) in [5, 5.41) is 1.92. The Morgan fingerprint density at radius 1 is 1.07 bits per heavy atom. The van der Waals surface area contributed by atoms with E-state index < -0.39 is 40.2 Å². The van der Waals surface area contributed by atoms with Gasteiger partial charge in [0.1, 0.15) is 5.57 Å². The molecule has 1 saturated heterocycles. The van der Waals surface area contributed by atoms with Gasteiger partial charge in [-0.25, -0.2) is 9.69 Å². The van der Waals surface area contributed by atoms with E-state index in [1.165, 1.54) is 24.3 Å². The lowest BCUT2D eigenvalue weighted by molar-refractivity contribution is -0.137. The fourth-order valence-corrected chi connectivity index (χ4v) is 2.68. The van der Waals surface area contributed by atoms with Crippen LogP contribution in [0.2, 0.25) is 10.0 Å². The molecule has 6 nitrogen and oxygen atoms in total. The van der Waals surface area contributed by atoms with Crippen LogP contribution in [0, 0.1) is 0 Å². The van der Waals surface area contributed by atoms with E-state index in [4.69, 9.17) is 23.2 Å². The van der Waals surface area contributed by atoms with Gasteiger partial charge in [0.25, 0.3) is 11.8 Å². The smallest absolute Gasteiger partial charge is 0.273 e. The minimum Gasteiger partial charge on any atom is -0.273 e. The molecule has 1 aliphatic rings. The van der Waals surface area contributed by atoms with Crippen molar-refractivity contribution >= 4 is 52.8 Å². The summed E-state index contributed by atoms with van der Waals surface area (Å²) in [4.78, 5) is 41.0. The molecule has 1 aromatic heterocycles. The molecule has 0 saturated carbocycles. The molecule has 1 N–H and O–H groups in total. The molecule has 0 atom stereocenters. The summed E-state index contributed by atoms with van der Waals surface area (Å²) in [5.74, 6) is -2.02. The molecule has 11 heteroatoms. The number of nitrogens with zero attached hydrogens (tertiary/aromatic N) is 2. The molecule has 0 unspecified atom stereocenters. The summed E-state index contributed by atoms with van der Waals surface area (Å²) in [6, 6.07) is 5.28. The molecule has 0 spiro atoms. The van der Waals surface area contributed by atoms with Crippen LogP contribution in [-0.4, -0.2) is 22.8 Å². The van der Waals surface area contributed by atoms with Crippen LogP contribution in [0.3, 0.4) is 0 Å². The number of hydrogen-bond acceptors (Lipinski definition) is 4. The second-order valence-electron chi connectivity index (χ2n) is 5.52. The number of rotatable bonds is 2. The number of barbiturate groups is 1. The van der Waals surface area contributed by atoms with Crippen molar-refractivity contribution in [3.63, 3.8) is 0 Å². The zero-order chi connectivity index (χ0) is 20.6. The van der Waals surface area contributed by atoms with E-state index >= 15 is 0 Å². The monoisotopic (exact) mass is 429 g/mol. The van der Waals surface area contributed by atoms with E-state index in [0.29, 0.717) is 22.2 Å². The van der Waals surface area contributed by atoms with Gasteiger partial charge in [0.05, 0.1) is 22.0 Å². The minimum atomic E-state index is -4.65. The molecule has 2 aromatic rings. The van der Waals surface area contributed by atoms with Crippen LogP contribution in [-0.2, 0) is 15.8 Å². The van der Waals surface area contributed by atoms with E-state index in [9.17, 15) is 27.6 Å². The molecule has 1 aliphatic heterocycles. The van der Waals surface area contributed by atoms with E-state index in [0.717, 1.165) is 6.08 Å². The van der Waals surface area contributed by atoms with Crippen LogP contribution in [0.5, 0.6) is 0 Å². The van der Waals surface area contributed by atoms with Gasteiger partial charge < -0.3 is 0 Å². The van der Waals surface area contributed by atoms with Crippen molar-refractivity contribution in [2.45, 2.75) is 6.18 Å². The molecule has 1 fully saturated rings. The Bertz CT molecular complexity index is 1020. The highest BCUT2D eigenvalue weighted by Crippen LogP contribution is 2.32. The zero-order valence-corrected chi connectivity index (χ0v) is 15.1. The molecule has 4 amide bonds. The number of carbonyl (C=O) groups excluding carboxylic acids is 3. The van der Waals surface area contributed by atoms with Gasteiger partial charge in [0, 0.05) is 11.2 Å². The van der Waals surface area contributed by atoms with Gasteiger partial charge in [-0.2, -0.15) is 13.2 Å². The molecular formula is C17H8Cl2F3N3O3. The Balaban J connectivity index is 2.01. The average Bonchev–Trinajstić information content (AvgIpc) is 2.60. The Morgan fingerprint density at radius 2 is 1.71 bits per heavy atom. The van der Waals surface area contributed by atoms with Crippen molar-refractivity contribution in [3.05, 3.63) is 63.4 Å². The van der Waals surface area contributed by atoms with Crippen LogP contribution in [0.15, 0.2) is 42.1 Å². The van der Waals surface area contributed by atoms with E-state index in [1.54, 1.807) is 0 Å². The lowest BCUT2D eigenvalue weighted by Gasteiger charge is -2.26. The lowest BCUT2D eigenvalue weighted by atomic mass is 10.1. The number of hydrogen-bond donors (Lipinski definition) is 1. The second kappa shape index (κ2) is 7.25. The number of pyridine rings is 1. The highest BCUT2D eigenvalue weighted by atomic mass is 35.5. The minimum absolute atomic E-state index is 0.136. The van der Waals surface area contributed by atoms with Gasteiger partial charge in [0.15, 0.2) is 0 Å². The van der Waals surface area contributed by atoms with Crippen LogP contribution in [0.25, 0.3) is 6.08 Å². The molecule has 1 aromatic carbocycles. The summed E-state index contributed by atoms with van der Waals surface area (Å²) in [7, 11) is 0. The number of carbonyl (C=O) groups is 3. The zero-order valence-electron chi connectivity index (χ0n) is 13.6. The second-order valence-corrected chi connectivity index (χ2v) is 6.37. The summed E-state index contributed by atoms with van der Waals surface area (Å²) >= 11 is 11.6. The molecular weight excluding hydrogens is 422 g/mol. The molecule has 144 valence electrons. The Labute approximate surface area is 165 Å². The first-order valence-electron chi connectivity index (χ1n) is 7.47. The van der Waals surface area contributed by atoms with E-state index in [1.807, 2.05) is 5.32 Å². The quantitative estimate of drug-likeness (QED) is 0.576. The first-order chi connectivity index (χ1) is 13.1. The van der Waals surface area contributed by atoms with Gasteiger partial charge >= 0.3 is 12.2 Å². The highest BCUT2D eigenvalue weighted by Gasteiger charge is 2.37. The fourth-order valence-electron chi connectivity index (χ4n) is 2.33. The van der Waals surface area contributed by atoms with Crippen molar-refractivity contribution in [3.8, 4) is 0 Å². The van der Waals surface area contributed by atoms with Crippen LogP contribution in [0.4, 0.5) is 23.7 Å². The highest BCUT2D eigenvalue weighted by molar-refractivity contribution is 6.40. The van der Waals surface area contributed by atoms with Crippen molar-refractivity contribution < 1.29 is 27.6 Å². The van der Waals surface area contributed by atoms with E-state index in [-0.39, 0.29) is 11.4 Å². The maximum Gasteiger partial charge on any atom is 0.417 e. The summed E-state index contributed by atoms with van der Waals surface area (Å²) < 4.78 is 38.1. The largest absolute Gasteiger partial charge is 0.417 e. The van der Waals surface area contributed by atoms with Crippen molar-refractivity contribution in [1.29, 1.82) is 0 Å². The Morgan fingerprint density at radius 3 is 2.29 bits per heavy atom. The summed E-state index contributed by atoms with van der Waals surface area (Å²) in [6.45, 7) is 0. The Kier molecular flexibility index (Phi) is 5.14. The van der Waals surface area contributed by atoms with Crippen molar-refractivity contribution in [2.75, 3.05) is 4.90 Å². The van der Waals surface area contributed by atoms with Gasteiger partial charge in [-0.05, 0) is 36.4 Å². The maximum atomic E-state index is 12.7. The standard InChI is InChI=1S/C17H8Cl2F3N3O3/c18-9-1-3-10(4-2-9)25-15(27)11(14(26)24-16(25)28)6-13-12(19)5-8(7-23-13)17(20,21)22/h1-7H,(H,24,26,28). The molecule has 2 heterocycles. The fraction of sp³-hybridized carbons (Fsp3) is 0.0588. The normalized spacial score (nSPS) is 16.5. The topological polar surface area (TPSA) is 79.4 Å². The lowest BCUT2D eigenvalue weighted by Crippen LogP contribution is -2.54. The number of halogens is 5. The number of anilines is 1. The summed E-state index contributed by atoms with van der Waals surface area (Å²) in [5.41, 5.74) is -1.71. The predicted octanol–water partition coefficient (Wildman–Crippen LogP) is 4.07. The van der Waals surface area contributed by atoms with Gasteiger partial charge in [0.2, 0.25) is 0 Å². The molecule has 0 aliphatic carbocycles. The van der Waals surface area contributed by atoms with Gasteiger partial charge in [-0.15, -0.1) is 0 Å². The number of nitrogens with one attached hydrogen (secondary N) is 1. The molecule has 0 radical (unpaired) electrons. The predicted molar refractivity (Wildman–Crippen MR) is 94.7 cm³/mol. The third-order valence-corrected chi connectivity index (χ3v) is 4.22. The van der Waals surface area contributed by atoms with Gasteiger partial charge in [-0.3, -0.25) is 19.9 Å². The number of aromatic nitrogens is 1. The van der Waals surface area contributed by atoms with E-state index in [2.05, 4.69) is 4.98 Å².